The number of hydrogen-bond donors (Lipinski definition) is 0. The van der Waals surface area contributed by atoms with Gasteiger partial charge in [0, 0.05) is 0 Å². The molecule has 0 N–H and O–H groups in total. The van der Waals surface area contributed by atoms with Crippen LogP contribution in [0.1, 0.15) is 169 Å². The Labute approximate surface area is 241 Å². The second-order valence-electron chi connectivity index (χ2n) is 10.4. The van der Waals surface area contributed by atoms with Crippen LogP contribution in [0.25, 0.3) is 0 Å². The van der Waals surface area contributed by atoms with Crippen LogP contribution in [0.2, 0.25) is 8.87 Å². The van der Waals surface area contributed by atoms with Crippen molar-refractivity contribution in [3.63, 3.8) is 0 Å². The first-order chi connectivity index (χ1) is 18.0. The molecule has 0 aliphatic heterocycles. The van der Waals surface area contributed by atoms with Crippen molar-refractivity contribution in [1.82, 2.24) is 0 Å². The van der Waals surface area contributed by atoms with E-state index in [9.17, 15) is 19.8 Å². The first kappa shape index (κ1) is 38.6. The van der Waals surface area contributed by atoms with Crippen LogP contribution in [0.5, 0.6) is 0 Å². The molecule has 0 aromatic rings. The fraction of sp³-hybridized carbons (Fsp3) is 0.875. The van der Waals surface area contributed by atoms with Gasteiger partial charge in [-0.3, -0.25) is 0 Å². The third-order valence-electron chi connectivity index (χ3n) is 6.83. The van der Waals surface area contributed by atoms with Crippen LogP contribution in [-0.4, -0.2) is 33.1 Å². The van der Waals surface area contributed by atoms with Gasteiger partial charge in [0.25, 0.3) is 0 Å². The van der Waals surface area contributed by atoms with Crippen molar-refractivity contribution in [2.75, 3.05) is 0 Å². The van der Waals surface area contributed by atoms with Gasteiger partial charge >= 0.3 is 95.2 Å². The number of carboxylic acids is 2. The molecule has 5 heteroatoms. The van der Waals surface area contributed by atoms with Crippen molar-refractivity contribution in [1.29, 1.82) is 0 Å². The molecule has 0 unspecified atom stereocenters. The van der Waals surface area contributed by atoms with E-state index < -0.39 is 11.9 Å². The Morgan fingerprint density at radius 3 is 1.00 bits per heavy atom. The van der Waals surface area contributed by atoms with E-state index in [1.165, 1.54) is 51.4 Å². The van der Waals surface area contributed by atoms with E-state index in [2.05, 4.69) is 27.7 Å². The van der Waals surface area contributed by atoms with Crippen LogP contribution < -0.4 is 10.2 Å². The molecule has 0 saturated heterocycles. The third kappa shape index (κ3) is 28.3. The summed E-state index contributed by atoms with van der Waals surface area (Å²) in [5, 5.41) is 22.7. The van der Waals surface area contributed by atoms with Crippen molar-refractivity contribution in [3.8, 4) is 0 Å². The van der Waals surface area contributed by atoms with E-state index in [0.717, 1.165) is 51.4 Å². The Kier molecular flexibility index (Phi) is 33.1. The minimum atomic E-state index is -1.35. The first-order valence-electron chi connectivity index (χ1n) is 15.8. The van der Waals surface area contributed by atoms with Gasteiger partial charge in [-0.15, -0.1) is 0 Å². The van der Waals surface area contributed by atoms with Crippen LogP contribution in [-0.2, 0) is 9.59 Å². The summed E-state index contributed by atoms with van der Waals surface area (Å²) in [5.41, 5.74) is -0.113. The van der Waals surface area contributed by atoms with E-state index in [0.29, 0.717) is 12.8 Å². The molecule has 216 valence electrons. The molecule has 0 aromatic heterocycles. The molecule has 0 aromatic carbocycles. The quantitative estimate of drug-likeness (QED) is 0.0554. The van der Waals surface area contributed by atoms with E-state index >= 15 is 0 Å². The maximum atomic E-state index is 11.3. The summed E-state index contributed by atoms with van der Waals surface area (Å²) in [4.78, 5) is 22.7. The second kappa shape index (κ2) is 31.7. The van der Waals surface area contributed by atoms with Crippen molar-refractivity contribution in [3.05, 3.63) is 11.1 Å². The van der Waals surface area contributed by atoms with E-state index in [1.807, 2.05) is 0 Å². The van der Waals surface area contributed by atoms with Gasteiger partial charge in [-0.25, -0.2) is 0 Å². The fourth-order valence-corrected chi connectivity index (χ4v) is 7.96. The van der Waals surface area contributed by atoms with Crippen molar-refractivity contribution in [2.24, 2.45) is 0 Å². The minimum absolute atomic E-state index is 0.0564. The van der Waals surface area contributed by atoms with E-state index in [-0.39, 0.29) is 45.1 Å². The number of carbonyl (C=O) groups is 2. The normalized spacial score (nSPS) is 11.4. The molecule has 0 amide bonds. The van der Waals surface area contributed by atoms with E-state index in [4.69, 9.17) is 0 Å². The number of hydrogen-bond acceptors (Lipinski definition) is 4. The summed E-state index contributed by atoms with van der Waals surface area (Å²) in [5.74, 6) is -2.71. The summed E-state index contributed by atoms with van der Waals surface area (Å²) < 4.78 is 3.30. The first-order valence-corrected chi connectivity index (χ1v) is 19.8. The third-order valence-corrected chi connectivity index (χ3v) is 10.9. The van der Waals surface area contributed by atoms with E-state index in [1.54, 1.807) is 21.7 Å². The van der Waals surface area contributed by atoms with Gasteiger partial charge in [0.1, 0.15) is 0 Å². The Balaban J connectivity index is 0. The Morgan fingerprint density at radius 2 is 0.703 bits per heavy atom. The van der Waals surface area contributed by atoms with Gasteiger partial charge < -0.3 is 19.8 Å². The maximum absolute atomic E-state index is 11.3. The summed E-state index contributed by atoms with van der Waals surface area (Å²) in [7, 11) is 0. The van der Waals surface area contributed by atoms with Crippen LogP contribution in [0.4, 0.5) is 0 Å². The predicted octanol–water partition coefficient (Wildman–Crippen LogP) is 7.97. The number of unbranched alkanes of at least 4 members (excludes halogenated alkanes) is 16. The molecule has 0 atom stereocenters. The SMILES string of the molecule is CCCCCCCC/C(C(=O)[O-])=C(\CCCCCCCC)C(=O)[O-].CCCCC[CH2][Sn+2][CH2]CCCCC. The summed E-state index contributed by atoms with van der Waals surface area (Å²) in [6.07, 6.45) is 24.7. The van der Waals surface area contributed by atoms with Crippen molar-refractivity contribution < 1.29 is 19.8 Å². The molecule has 0 bridgehead atoms. The zero-order valence-corrected chi connectivity index (χ0v) is 28.0. The molecule has 0 aliphatic rings. The topological polar surface area (TPSA) is 80.3 Å². The number of carbonyl (C=O) groups excluding carboxylic acids is 2. The number of rotatable bonds is 26. The Hall–Kier alpha value is -0.521. The monoisotopic (exact) mass is 628 g/mol. The Morgan fingerprint density at radius 1 is 0.432 bits per heavy atom. The molecule has 0 fully saturated rings. The second-order valence-corrected chi connectivity index (χ2v) is 14.7. The number of aliphatic carboxylic acids is 2. The molecular weight excluding hydrogens is 567 g/mol. The average molecular weight is 628 g/mol. The van der Waals surface area contributed by atoms with Crippen molar-refractivity contribution in [2.45, 2.75) is 178 Å². The summed E-state index contributed by atoms with van der Waals surface area (Å²) >= 11 is 0.104. The summed E-state index contributed by atoms with van der Waals surface area (Å²) in [6.45, 7) is 8.88. The van der Waals surface area contributed by atoms with Crippen LogP contribution in [0.15, 0.2) is 11.1 Å². The molecule has 4 nitrogen and oxygen atoms in total. The van der Waals surface area contributed by atoms with Gasteiger partial charge in [0.05, 0.1) is 11.9 Å². The fourth-order valence-electron chi connectivity index (χ4n) is 4.40. The standard InChI is InChI=1S/C20H36O4.2C6H13.Sn/c1-3-5-7-9-11-13-15-17(19(21)22)18(20(23)24)16-14-12-10-8-6-4-2;2*1-3-5-6-4-2;/h3-16H2,1-2H3,(H,21,22)(H,23,24);2*1,3-6H2,2H3;/q;;;+2/p-2/b18-17-;;;. The zero-order valence-electron chi connectivity index (χ0n) is 25.1. The number of carboxylic acid groups (broad SMARTS) is 2. The van der Waals surface area contributed by atoms with Gasteiger partial charge in [-0.2, -0.15) is 0 Å². The van der Waals surface area contributed by atoms with Gasteiger partial charge in [0.15, 0.2) is 0 Å². The molecule has 0 rings (SSSR count). The average Bonchev–Trinajstić information content (AvgIpc) is 2.87. The van der Waals surface area contributed by atoms with Crippen LogP contribution >= 0.6 is 0 Å². The molecule has 0 saturated carbocycles. The van der Waals surface area contributed by atoms with Crippen LogP contribution in [0, 0.1) is 0 Å². The molecule has 0 heterocycles. The van der Waals surface area contributed by atoms with Crippen molar-refractivity contribution >= 4 is 33.1 Å². The van der Waals surface area contributed by atoms with Gasteiger partial charge in [-0.05, 0) is 36.8 Å². The van der Waals surface area contributed by atoms with Crippen LogP contribution in [0.3, 0.4) is 0 Å². The predicted molar refractivity (Wildman–Crippen MR) is 157 cm³/mol. The summed E-state index contributed by atoms with van der Waals surface area (Å²) in [6, 6.07) is 0. The molecular formula is C32H60O4Sn. The molecule has 0 spiro atoms. The molecule has 0 radical (unpaired) electrons. The Bertz CT molecular complexity index is 499. The van der Waals surface area contributed by atoms with Gasteiger partial charge in [0.2, 0.25) is 0 Å². The zero-order chi connectivity index (χ0) is 28.0. The molecule has 0 aliphatic carbocycles. The van der Waals surface area contributed by atoms with Gasteiger partial charge in [-0.1, -0.05) is 78.1 Å². The molecule has 37 heavy (non-hydrogen) atoms.